The summed E-state index contributed by atoms with van der Waals surface area (Å²) in [5.41, 5.74) is 1.03. The number of likely N-dealkylation sites (tertiary alicyclic amines) is 1. The van der Waals surface area contributed by atoms with Gasteiger partial charge in [0.05, 0.1) is 18.5 Å². The summed E-state index contributed by atoms with van der Waals surface area (Å²) in [6.45, 7) is 8.65. The van der Waals surface area contributed by atoms with Gasteiger partial charge in [-0.15, -0.1) is 0 Å². The first kappa shape index (κ1) is 19.5. The standard InChI is InChI=1S/C19H32N4O2/c1-19(2,3)13-18(25)23-9-7-15(8-10-23)21-17-6-5-16(14-20-17)22(4)11-12-24/h5-6,14-15,24H,7-13H2,1-4H3,(H,20,21). The van der Waals surface area contributed by atoms with E-state index >= 15 is 0 Å². The molecule has 2 N–H and O–H groups in total. The monoisotopic (exact) mass is 348 g/mol. The number of aliphatic hydroxyl groups excluding tert-OH is 1. The second-order valence-corrected chi connectivity index (χ2v) is 8.08. The van der Waals surface area contributed by atoms with Crippen LogP contribution in [0.25, 0.3) is 0 Å². The van der Waals surface area contributed by atoms with E-state index in [2.05, 4.69) is 31.1 Å². The fourth-order valence-corrected chi connectivity index (χ4v) is 3.02. The van der Waals surface area contributed by atoms with Crippen molar-refractivity contribution in [2.75, 3.05) is 43.5 Å². The first-order valence-corrected chi connectivity index (χ1v) is 9.11. The van der Waals surface area contributed by atoms with Crippen LogP contribution in [0.5, 0.6) is 0 Å². The van der Waals surface area contributed by atoms with E-state index < -0.39 is 0 Å². The summed E-state index contributed by atoms with van der Waals surface area (Å²) < 4.78 is 0. The predicted octanol–water partition coefficient (Wildman–Crippen LogP) is 2.35. The second-order valence-electron chi connectivity index (χ2n) is 8.08. The zero-order valence-corrected chi connectivity index (χ0v) is 16.0. The van der Waals surface area contributed by atoms with Gasteiger partial charge in [0.15, 0.2) is 0 Å². The molecule has 1 fully saturated rings. The van der Waals surface area contributed by atoms with Gasteiger partial charge in [0, 0.05) is 39.1 Å². The number of rotatable bonds is 6. The van der Waals surface area contributed by atoms with Gasteiger partial charge >= 0.3 is 0 Å². The van der Waals surface area contributed by atoms with Gasteiger partial charge in [0.25, 0.3) is 0 Å². The number of carbonyl (C=O) groups excluding carboxylic acids is 1. The molecule has 0 aromatic carbocycles. The van der Waals surface area contributed by atoms with Crippen molar-refractivity contribution >= 4 is 17.4 Å². The lowest BCUT2D eigenvalue weighted by Crippen LogP contribution is -2.43. The van der Waals surface area contributed by atoms with Gasteiger partial charge in [-0.1, -0.05) is 20.8 Å². The van der Waals surface area contributed by atoms with Gasteiger partial charge in [0.2, 0.25) is 5.91 Å². The molecule has 0 atom stereocenters. The lowest BCUT2D eigenvalue weighted by molar-refractivity contribution is -0.134. The van der Waals surface area contributed by atoms with E-state index in [1.165, 1.54) is 0 Å². The largest absolute Gasteiger partial charge is 0.395 e. The van der Waals surface area contributed by atoms with Crippen LogP contribution >= 0.6 is 0 Å². The highest BCUT2D eigenvalue weighted by Gasteiger charge is 2.25. The molecule has 6 nitrogen and oxygen atoms in total. The number of hydrogen-bond donors (Lipinski definition) is 2. The van der Waals surface area contributed by atoms with E-state index in [4.69, 9.17) is 5.11 Å². The van der Waals surface area contributed by atoms with Crippen LogP contribution in [0.15, 0.2) is 18.3 Å². The number of aromatic nitrogens is 1. The van der Waals surface area contributed by atoms with Crippen molar-refractivity contribution in [3.05, 3.63) is 18.3 Å². The predicted molar refractivity (Wildman–Crippen MR) is 102 cm³/mol. The van der Waals surface area contributed by atoms with E-state index in [0.717, 1.165) is 37.4 Å². The lowest BCUT2D eigenvalue weighted by Gasteiger charge is -2.34. The summed E-state index contributed by atoms with van der Waals surface area (Å²) in [4.78, 5) is 20.7. The Balaban J connectivity index is 1.81. The summed E-state index contributed by atoms with van der Waals surface area (Å²) in [7, 11) is 1.94. The Bertz CT molecular complexity index is 546. The molecule has 0 saturated carbocycles. The normalized spacial score (nSPS) is 16.0. The Labute approximate surface area is 151 Å². The van der Waals surface area contributed by atoms with Crippen molar-refractivity contribution < 1.29 is 9.90 Å². The maximum Gasteiger partial charge on any atom is 0.223 e. The number of likely N-dealkylation sites (N-methyl/N-ethyl adjacent to an activating group) is 1. The van der Waals surface area contributed by atoms with Gasteiger partial charge in [-0.05, 0) is 30.4 Å². The molecule has 0 bridgehead atoms. The topological polar surface area (TPSA) is 68.7 Å². The Morgan fingerprint density at radius 1 is 1.36 bits per heavy atom. The van der Waals surface area contributed by atoms with Crippen molar-refractivity contribution in [3.63, 3.8) is 0 Å². The van der Waals surface area contributed by atoms with Crippen LogP contribution in [0.1, 0.15) is 40.0 Å². The maximum absolute atomic E-state index is 12.3. The van der Waals surface area contributed by atoms with Crippen molar-refractivity contribution in [2.45, 2.75) is 46.1 Å². The molecule has 1 aromatic rings. The Morgan fingerprint density at radius 3 is 2.56 bits per heavy atom. The molecule has 1 aliphatic rings. The molecule has 0 radical (unpaired) electrons. The van der Waals surface area contributed by atoms with Crippen LogP contribution in [0, 0.1) is 5.41 Å². The summed E-state index contributed by atoms with van der Waals surface area (Å²) in [5, 5.41) is 12.5. The minimum absolute atomic E-state index is 0.0427. The van der Waals surface area contributed by atoms with Gasteiger partial charge < -0.3 is 20.2 Å². The minimum atomic E-state index is 0.0427. The number of piperidine rings is 1. The summed E-state index contributed by atoms with van der Waals surface area (Å²) in [5.74, 6) is 1.13. The van der Waals surface area contributed by atoms with Crippen LogP contribution in [0.2, 0.25) is 0 Å². The van der Waals surface area contributed by atoms with Crippen molar-refractivity contribution in [3.8, 4) is 0 Å². The number of pyridine rings is 1. The third-order valence-electron chi connectivity index (χ3n) is 4.51. The molecule has 1 aliphatic heterocycles. The smallest absolute Gasteiger partial charge is 0.223 e. The molecular formula is C19H32N4O2. The average Bonchev–Trinajstić information content (AvgIpc) is 2.55. The van der Waals surface area contributed by atoms with Crippen LogP contribution in [-0.4, -0.2) is 60.2 Å². The Kier molecular flexibility index (Phi) is 6.64. The van der Waals surface area contributed by atoms with Crippen LogP contribution in [0.3, 0.4) is 0 Å². The molecule has 2 rings (SSSR count). The fraction of sp³-hybridized carbons (Fsp3) is 0.684. The van der Waals surface area contributed by atoms with Crippen molar-refractivity contribution in [2.24, 2.45) is 5.41 Å². The number of carbonyl (C=O) groups is 1. The minimum Gasteiger partial charge on any atom is -0.395 e. The SMILES string of the molecule is CN(CCO)c1ccc(NC2CCN(C(=O)CC(C)(C)C)CC2)nc1. The second kappa shape index (κ2) is 8.52. The molecular weight excluding hydrogens is 316 g/mol. The van der Waals surface area contributed by atoms with E-state index in [-0.39, 0.29) is 17.9 Å². The van der Waals surface area contributed by atoms with Gasteiger partial charge in [-0.3, -0.25) is 4.79 Å². The molecule has 25 heavy (non-hydrogen) atoms. The highest BCUT2D eigenvalue weighted by atomic mass is 16.3. The van der Waals surface area contributed by atoms with Gasteiger partial charge in [-0.25, -0.2) is 4.98 Å². The summed E-state index contributed by atoms with van der Waals surface area (Å²) >= 11 is 0. The Morgan fingerprint density at radius 2 is 2.04 bits per heavy atom. The average molecular weight is 348 g/mol. The molecule has 1 aromatic heterocycles. The molecule has 6 heteroatoms. The van der Waals surface area contributed by atoms with E-state index in [0.29, 0.717) is 19.0 Å². The van der Waals surface area contributed by atoms with Crippen molar-refractivity contribution in [1.29, 1.82) is 0 Å². The zero-order chi connectivity index (χ0) is 18.4. The van der Waals surface area contributed by atoms with Gasteiger partial charge in [-0.2, -0.15) is 0 Å². The number of hydrogen-bond acceptors (Lipinski definition) is 5. The van der Waals surface area contributed by atoms with Crippen LogP contribution in [0.4, 0.5) is 11.5 Å². The van der Waals surface area contributed by atoms with Gasteiger partial charge in [0.1, 0.15) is 5.82 Å². The van der Waals surface area contributed by atoms with Crippen LogP contribution < -0.4 is 10.2 Å². The third kappa shape index (κ3) is 6.20. The molecule has 0 spiro atoms. The first-order valence-electron chi connectivity index (χ1n) is 9.11. The number of nitrogens with one attached hydrogen (secondary N) is 1. The molecule has 1 saturated heterocycles. The molecule has 0 unspecified atom stereocenters. The molecule has 1 amide bonds. The number of anilines is 2. The molecule has 140 valence electrons. The molecule has 0 aliphatic carbocycles. The quantitative estimate of drug-likeness (QED) is 0.826. The number of aliphatic hydroxyl groups is 1. The fourth-order valence-electron chi connectivity index (χ4n) is 3.02. The highest BCUT2D eigenvalue weighted by Crippen LogP contribution is 2.23. The lowest BCUT2D eigenvalue weighted by atomic mass is 9.91. The highest BCUT2D eigenvalue weighted by molar-refractivity contribution is 5.76. The summed E-state index contributed by atoms with van der Waals surface area (Å²) in [6, 6.07) is 4.33. The number of nitrogens with zero attached hydrogens (tertiary/aromatic N) is 3. The van der Waals surface area contributed by atoms with Crippen molar-refractivity contribution in [1.82, 2.24) is 9.88 Å². The van der Waals surface area contributed by atoms with E-state index in [1.54, 1.807) is 0 Å². The molecule has 2 heterocycles. The summed E-state index contributed by atoms with van der Waals surface area (Å²) in [6.07, 6.45) is 4.32. The van der Waals surface area contributed by atoms with E-state index in [9.17, 15) is 4.79 Å². The van der Waals surface area contributed by atoms with E-state index in [1.807, 2.05) is 35.2 Å². The van der Waals surface area contributed by atoms with Crippen LogP contribution in [-0.2, 0) is 4.79 Å². The maximum atomic E-state index is 12.3. The third-order valence-corrected chi connectivity index (χ3v) is 4.51. The first-order chi connectivity index (χ1) is 11.8. The zero-order valence-electron chi connectivity index (χ0n) is 16.0. The Hall–Kier alpha value is -1.82. The number of amides is 1.